The van der Waals surface area contributed by atoms with Gasteiger partial charge in [0.25, 0.3) is 10.2 Å². The second-order valence-corrected chi connectivity index (χ2v) is 6.00. The molecule has 2 aliphatic heterocycles. The van der Waals surface area contributed by atoms with Gasteiger partial charge in [0.15, 0.2) is 0 Å². The fraction of sp³-hybridized carbons (Fsp3) is 0.800. The van der Waals surface area contributed by atoms with Crippen molar-refractivity contribution in [3.05, 3.63) is 11.6 Å². The Hall–Kier alpha value is -0.140. The number of halogens is 1. The quantitative estimate of drug-likeness (QED) is 0.727. The van der Waals surface area contributed by atoms with Gasteiger partial charge in [0.05, 0.1) is 0 Å². The van der Waals surface area contributed by atoms with Gasteiger partial charge in [-0.05, 0) is 25.8 Å². The Morgan fingerprint density at radius 3 is 2.65 bits per heavy atom. The van der Waals surface area contributed by atoms with Gasteiger partial charge in [-0.3, -0.25) is 0 Å². The number of rotatable bonds is 4. The van der Waals surface area contributed by atoms with Crippen molar-refractivity contribution in [2.75, 3.05) is 32.7 Å². The third-order valence-electron chi connectivity index (χ3n) is 3.04. The Kier molecular flexibility index (Phi) is 5.88. The summed E-state index contributed by atoms with van der Waals surface area (Å²) >= 11 is 0. The zero-order valence-corrected chi connectivity index (χ0v) is 11.4. The molecular formula is C10H20ClN3O2S. The molecule has 100 valence electrons. The van der Waals surface area contributed by atoms with Gasteiger partial charge in [-0.25, -0.2) is 0 Å². The van der Waals surface area contributed by atoms with E-state index in [0.717, 1.165) is 32.4 Å². The Labute approximate surface area is 109 Å². The molecule has 0 aromatic carbocycles. The van der Waals surface area contributed by atoms with Crippen molar-refractivity contribution in [1.29, 1.82) is 0 Å². The van der Waals surface area contributed by atoms with Gasteiger partial charge in [-0.2, -0.15) is 17.4 Å². The van der Waals surface area contributed by atoms with E-state index in [2.05, 4.69) is 16.1 Å². The molecule has 7 heteroatoms. The van der Waals surface area contributed by atoms with Crippen LogP contribution in [0, 0.1) is 0 Å². The second-order valence-electron chi connectivity index (χ2n) is 4.25. The Morgan fingerprint density at radius 2 is 2.06 bits per heavy atom. The highest BCUT2D eigenvalue weighted by atomic mass is 35.5. The van der Waals surface area contributed by atoms with Crippen LogP contribution in [-0.2, 0) is 10.2 Å². The maximum Gasteiger partial charge on any atom is 0.279 e. The number of hydrogen-bond acceptors (Lipinski definition) is 3. The molecule has 1 fully saturated rings. The van der Waals surface area contributed by atoms with Gasteiger partial charge < -0.3 is 5.32 Å². The SMILES string of the molecule is Cl.O=S(=O)(NCC1=CCNCC1)N1CCCC1. The Bertz CT molecular complexity index is 364. The first kappa shape index (κ1) is 14.9. The van der Waals surface area contributed by atoms with Crippen LogP contribution in [0.4, 0.5) is 0 Å². The lowest BCUT2D eigenvalue weighted by molar-refractivity contribution is 0.466. The van der Waals surface area contributed by atoms with E-state index in [1.54, 1.807) is 0 Å². The van der Waals surface area contributed by atoms with Gasteiger partial charge >= 0.3 is 0 Å². The zero-order chi connectivity index (χ0) is 11.4. The van der Waals surface area contributed by atoms with Crippen molar-refractivity contribution >= 4 is 22.6 Å². The van der Waals surface area contributed by atoms with Crippen LogP contribution in [0.2, 0.25) is 0 Å². The molecule has 5 nitrogen and oxygen atoms in total. The minimum Gasteiger partial charge on any atom is -0.313 e. The van der Waals surface area contributed by atoms with Crippen LogP contribution in [-0.4, -0.2) is 45.4 Å². The molecule has 0 aliphatic carbocycles. The molecule has 1 saturated heterocycles. The molecule has 17 heavy (non-hydrogen) atoms. The molecule has 0 aromatic rings. The molecule has 0 radical (unpaired) electrons. The van der Waals surface area contributed by atoms with E-state index < -0.39 is 10.2 Å². The van der Waals surface area contributed by atoms with E-state index in [0.29, 0.717) is 19.6 Å². The molecule has 0 aromatic heterocycles. The summed E-state index contributed by atoms with van der Waals surface area (Å²) in [5, 5.41) is 3.20. The van der Waals surface area contributed by atoms with E-state index in [1.165, 1.54) is 9.88 Å². The highest BCUT2D eigenvalue weighted by molar-refractivity contribution is 7.87. The van der Waals surface area contributed by atoms with Crippen LogP contribution >= 0.6 is 12.4 Å². The molecule has 0 unspecified atom stereocenters. The summed E-state index contributed by atoms with van der Waals surface area (Å²) in [5.41, 5.74) is 1.18. The largest absolute Gasteiger partial charge is 0.313 e. The van der Waals surface area contributed by atoms with Crippen LogP contribution in [0.5, 0.6) is 0 Å². The maximum absolute atomic E-state index is 11.8. The molecular weight excluding hydrogens is 262 g/mol. The predicted octanol–water partition coefficient (Wildman–Crippen LogP) is 0.258. The average Bonchev–Trinajstić information content (AvgIpc) is 2.82. The molecule has 0 spiro atoms. The minimum absolute atomic E-state index is 0. The third kappa shape index (κ3) is 4.22. The van der Waals surface area contributed by atoms with E-state index in [4.69, 9.17) is 0 Å². The fourth-order valence-corrected chi connectivity index (χ4v) is 3.32. The predicted molar refractivity (Wildman–Crippen MR) is 70.5 cm³/mol. The lowest BCUT2D eigenvalue weighted by Gasteiger charge is -2.18. The van der Waals surface area contributed by atoms with Gasteiger partial charge in [0, 0.05) is 26.2 Å². The topological polar surface area (TPSA) is 61.4 Å². The summed E-state index contributed by atoms with van der Waals surface area (Å²) < 4.78 is 27.9. The molecule has 0 bridgehead atoms. The molecule has 0 saturated carbocycles. The number of hydrogen-bond donors (Lipinski definition) is 2. The van der Waals surface area contributed by atoms with Gasteiger partial charge in [-0.1, -0.05) is 11.6 Å². The summed E-state index contributed by atoms with van der Waals surface area (Å²) in [6, 6.07) is 0. The Morgan fingerprint density at radius 1 is 1.35 bits per heavy atom. The van der Waals surface area contributed by atoms with E-state index in [1.807, 2.05) is 0 Å². The summed E-state index contributed by atoms with van der Waals surface area (Å²) in [6.45, 7) is 3.57. The Balaban J connectivity index is 0.00000144. The third-order valence-corrected chi connectivity index (χ3v) is 4.60. The van der Waals surface area contributed by atoms with Crippen molar-refractivity contribution in [3.63, 3.8) is 0 Å². The summed E-state index contributed by atoms with van der Waals surface area (Å²) in [6.07, 6.45) is 4.96. The van der Waals surface area contributed by atoms with Crippen molar-refractivity contribution in [1.82, 2.24) is 14.3 Å². The average molecular weight is 282 g/mol. The first-order valence-electron chi connectivity index (χ1n) is 5.82. The van der Waals surface area contributed by atoms with Gasteiger partial charge in [0.2, 0.25) is 0 Å². The summed E-state index contributed by atoms with van der Waals surface area (Å²) in [5.74, 6) is 0. The monoisotopic (exact) mass is 281 g/mol. The van der Waals surface area contributed by atoms with E-state index in [-0.39, 0.29) is 12.4 Å². The highest BCUT2D eigenvalue weighted by Crippen LogP contribution is 2.12. The maximum atomic E-state index is 11.8. The van der Waals surface area contributed by atoms with Crippen molar-refractivity contribution in [2.24, 2.45) is 0 Å². The van der Waals surface area contributed by atoms with Crippen molar-refractivity contribution < 1.29 is 8.42 Å². The first-order valence-corrected chi connectivity index (χ1v) is 7.26. The molecule has 0 atom stereocenters. The highest BCUT2D eigenvalue weighted by Gasteiger charge is 2.24. The molecule has 2 rings (SSSR count). The molecule has 2 aliphatic rings. The van der Waals surface area contributed by atoms with Crippen molar-refractivity contribution in [2.45, 2.75) is 19.3 Å². The van der Waals surface area contributed by atoms with Gasteiger partial charge in [-0.15, -0.1) is 12.4 Å². The normalized spacial score (nSPS) is 22.0. The van der Waals surface area contributed by atoms with E-state index in [9.17, 15) is 8.42 Å². The van der Waals surface area contributed by atoms with Crippen molar-refractivity contribution in [3.8, 4) is 0 Å². The zero-order valence-electron chi connectivity index (χ0n) is 9.81. The molecule has 2 N–H and O–H groups in total. The van der Waals surface area contributed by atoms with Crippen LogP contribution in [0.15, 0.2) is 11.6 Å². The fourth-order valence-electron chi connectivity index (χ4n) is 2.03. The van der Waals surface area contributed by atoms with Crippen LogP contribution < -0.4 is 10.0 Å². The van der Waals surface area contributed by atoms with Crippen LogP contribution in [0.1, 0.15) is 19.3 Å². The molecule has 2 heterocycles. The number of nitrogens with one attached hydrogen (secondary N) is 2. The smallest absolute Gasteiger partial charge is 0.279 e. The first-order chi connectivity index (χ1) is 7.68. The minimum atomic E-state index is -3.24. The van der Waals surface area contributed by atoms with Gasteiger partial charge in [0.1, 0.15) is 0 Å². The standard InChI is InChI=1S/C10H19N3O2S.ClH/c14-16(15,13-7-1-2-8-13)12-9-10-3-5-11-6-4-10;/h3,11-12H,1-2,4-9H2;1H. The number of nitrogens with zero attached hydrogens (tertiary/aromatic N) is 1. The van der Waals surface area contributed by atoms with Crippen LogP contribution in [0.3, 0.4) is 0 Å². The lowest BCUT2D eigenvalue weighted by atomic mass is 10.1. The second kappa shape index (κ2) is 6.70. The summed E-state index contributed by atoms with van der Waals surface area (Å²) in [7, 11) is -3.24. The van der Waals surface area contributed by atoms with E-state index >= 15 is 0 Å². The van der Waals surface area contributed by atoms with Crippen LogP contribution in [0.25, 0.3) is 0 Å². The summed E-state index contributed by atoms with van der Waals surface area (Å²) in [4.78, 5) is 0. The lowest BCUT2D eigenvalue weighted by Crippen LogP contribution is -2.40. The molecule has 0 amide bonds.